The van der Waals surface area contributed by atoms with Crippen LogP contribution in [0.1, 0.15) is 88.9 Å². The van der Waals surface area contributed by atoms with E-state index in [9.17, 15) is 0 Å². The molecule has 2 saturated carbocycles. The molecule has 0 aliphatic heterocycles. The van der Waals surface area contributed by atoms with E-state index < -0.39 is 0 Å². The summed E-state index contributed by atoms with van der Waals surface area (Å²) in [5.41, 5.74) is 0. The number of fused-ring (bicyclic) bond motifs is 1. The molecule has 0 N–H and O–H groups in total. The Morgan fingerprint density at radius 1 is 0.889 bits per heavy atom. The van der Waals surface area contributed by atoms with Crippen molar-refractivity contribution in [3.8, 4) is 5.75 Å². The summed E-state index contributed by atoms with van der Waals surface area (Å²) in [4.78, 5) is 1.61. The number of thiophene rings is 1. The highest BCUT2D eigenvalue weighted by Crippen LogP contribution is 2.46. The van der Waals surface area contributed by atoms with Crippen molar-refractivity contribution in [1.82, 2.24) is 0 Å². The summed E-state index contributed by atoms with van der Waals surface area (Å²) in [5.74, 6) is 4.91. The highest BCUT2D eigenvalue weighted by molar-refractivity contribution is 7.19. The number of hydrogen-bond donors (Lipinski definition) is 0. The van der Waals surface area contributed by atoms with Crippen LogP contribution in [-0.2, 0) is 0 Å². The van der Waals surface area contributed by atoms with Gasteiger partial charge in [-0.2, -0.15) is 0 Å². The number of rotatable bonds is 6. The third kappa shape index (κ3) is 4.53. The molecule has 0 bridgehead atoms. The Balaban J connectivity index is 1.33. The SMILES string of the molecule is CCCC1CCC(C2CCC(c3cc4ccc(OCC)cc4s3)CC2)CC1. The Morgan fingerprint density at radius 2 is 1.59 bits per heavy atom. The van der Waals surface area contributed by atoms with Crippen molar-refractivity contribution >= 4 is 21.4 Å². The molecule has 1 aromatic carbocycles. The highest BCUT2D eigenvalue weighted by Gasteiger charge is 2.31. The molecule has 4 rings (SSSR count). The van der Waals surface area contributed by atoms with E-state index in [-0.39, 0.29) is 0 Å². The summed E-state index contributed by atoms with van der Waals surface area (Å²) in [5, 5.41) is 1.40. The maximum atomic E-state index is 5.68. The summed E-state index contributed by atoms with van der Waals surface area (Å²) < 4.78 is 7.07. The average Bonchev–Trinajstić information content (AvgIpc) is 3.13. The maximum absolute atomic E-state index is 5.68. The molecule has 2 aliphatic rings. The largest absolute Gasteiger partial charge is 0.494 e. The minimum Gasteiger partial charge on any atom is -0.494 e. The van der Waals surface area contributed by atoms with E-state index in [1.807, 2.05) is 11.3 Å². The van der Waals surface area contributed by atoms with Gasteiger partial charge < -0.3 is 4.74 Å². The van der Waals surface area contributed by atoms with Crippen LogP contribution in [0.4, 0.5) is 0 Å². The van der Waals surface area contributed by atoms with Crippen molar-refractivity contribution in [1.29, 1.82) is 0 Å². The van der Waals surface area contributed by atoms with Gasteiger partial charge in [-0.3, -0.25) is 0 Å². The molecule has 0 radical (unpaired) electrons. The van der Waals surface area contributed by atoms with Crippen LogP contribution < -0.4 is 4.74 Å². The van der Waals surface area contributed by atoms with Crippen molar-refractivity contribution in [2.24, 2.45) is 17.8 Å². The van der Waals surface area contributed by atoms with Gasteiger partial charge in [-0.05, 0) is 98.8 Å². The van der Waals surface area contributed by atoms with E-state index in [0.29, 0.717) is 0 Å². The minimum absolute atomic E-state index is 0.744. The molecule has 0 atom stereocenters. The summed E-state index contributed by atoms with van der Waals surface area (Å²) in [7, 11) is 0. The third-order valence-electron chi connectivity index (χ3n) is 7.25. The van der Waals surface area contributed by atoms with Crippen LogP contribution in [-0.4, -0.2) is 6.61 Å². The predicted molar refractivity (Wildman–Crippen MR) is 118 cm³/mol. The zero-order chi connectivity index (χ0) is 18.6. The molecule has 2 heteroatoms. The Hall–Kier alpha value is -1.02. The number of benzene rings is 1. The summed E-state index contributed by atoms with van der Waals surface area (Å²) in [6.07, 6.45) is 14.6. The van der Waals surface area contributed by atoms with Gasteiger partial charge in [-0.15, -0.1) is 11.3 Å². The first-order valence-electron chi connectivity index (χ1n) is 11.4. The Kier molecular flexibility index (Phi) is 6.42. The predicted octanol–water partition coefficient (Wildman–Crippen LogP) is 8.18. The average molecular weight is 385 g/mol. The summed E-state index contributed by atoms with van der Waals surface area (Å²) >= 11 is 2.01. The molecule has 0 saturated heterocycles. The van der Waals surface area contributed by atoms with E-state index in [1.54, 1.807) is 4.88 Å². The maximum Gasteiger partial charge on any atom is 0.120 e. The van der Waals surface area contributed by atoms with E-state index in [1.165, 1.54) is 74.3 Å². The lowest BCUT2D eigenvalue weighted by Crippen LogP contribution is -2.25. The quantitative estimate of drug-likeness (QED) is 0.488. The van der Waals surface area contributed by atoms with E-state index in [2.05, 4.69) is 38.1 Å². The topological polar surface area (TPSA) is 9.23 Å². The van der Waals surface area contributed by atoms with Crippen molar-refractivity contribution in [2.45, 2.75) is 84.0 Å². The minimum atomic E-state index is 0.744. The molecule has 27 heavy (non-hydrogen) atoms. The molecule has 0 spiro atoms. The van der Waals surface area contributed by atoms with E-state index in [0.717, 1.165) is 36.0 Å². The van der Waals surface area contributed by atoms with Crippen LogP contribution in [0.2, 0.25) is 0 Å². The lowest BCUT2D eigenvalue weighted by molar-refractivity contribution is 0.157. The Labute approximate surface area is 169 Å². The van der Waals surface area contributed by atoms with E-state index >= 15 is 0 Å². The van der Waals surface area contributed by atoms with Crippen LogP contribution in [0.5, 0.6) is 5.75 Å². The second kappa shape index (κ2) is 8.99. The summed E-state index contributed by atoms with van der Waals surface area (Å²) in [6.45, 7) is 5.14. The van der Waals surface area contributed by atoms with Gasteiger partial charge in [0.25, 0.3) is 0 Å². The van der Waals surface area contributed by atoms with Crippen LogP contribution in [0.15, 0.2) is 24.3 Å². The normalized spacial score (nSPS) is 29.1. The van der Waals surface area contributed by atoms with Gasteiger partial charge in [0.15, 0.2) is 0 Å². The van der Waals surface area contributed by atoms with Crippen LogP contribution in [0.25, 0.3) is 10.1 Å². The molecule has 2 aliphatic carbocycles. The first-order valence-corrected chi connectivity index (χ1v) is 12.2. The van der Waals surface area contributed by atoms with Crippen molar-refractivity contribution < 1.29 is 4.74 Å². The smallest absolute Gasteiger partial charge is 0.120 e. The van der Waals surface area contributed by atoms with Gasteiger partial charge in [0.05, 0.1) is 6.61 Å². The molecule has 0 unspecified atom stereocenters. The first kappa shape index (κ1) is 19.3. The molecule has 0 amide bonds. The second-order valence-electron chi connectivity index (χ2n) is 8.96. The third-order valence-corrected chi connectivity index (χ3v) is 8.51. The van der Waals surface area contributed by atoms with Crippen LogP contribution in [0.3, 0.4) is 0 Å². The molecule has 1 aromatic heterocycles. The molecular weight excluding hydrogens is 348 g/mol. The number of hydrogen-bond acceptors (Lipinski definition) is 2. The van der Waals surface area contributed by atoms with Gasteiger partial charge in [0.1, 0.15) is 5.75 Å². The number of ether oxygens (including phenoxy) is 1. The molecule has 1 nitrogen and oxygen atoms in total. The second-order valence-corrected chi connectivity index (χ2v) is 10.1. The fourth-order valence-corrected chi connectivity index (χ4v) is 6.98. The molecular formula is C25H36OS. The summed E-state index contributed by atoms with van der Waals surface area (Å²) in [6, 6.07) is 9.04. The zero-order valence-corrected chi connectivity index (χ0v) is 18.0. The molecule has 2 fully saturated rings. The molecule has 1 heterocycles. The fraction of sp³-hybridized carbons (Fsp3) is 0.680. The van der Waals surface area contributed by atoms with Crippen molar-refractivity contribution in [3.63, 3.8) is 0 Å². The monoisotopic (exact) mass is 384 g/mol. The van der Waals surface area contributed by atoms with Gasteiger partial charge >= 0.3 is 0 Å². The van der Waals surface area contributed by atoms with Gasteiger partial charge in [0, 0.05) is 9.58 Å². The lowest BCUT2D eigenvalue weighted by atomic mass is 9.68. The fourth-order valence-electron chi connectivity index (χ4n) is 5.72. The standard InChI is InChI=1S/C25H36OS/c1-3-5-18-6-8-19(9-7-18)20-10-12-21(13-11-20)24-16-22-14-15-23(26-4-2)17-25(22)27-24/h14-21H,3-13H2,1-2H3. The Bertz CT molecular complexity index is 717. The van der Waals surface area contributed by atoms with Crippen molar-refractivity contribution in [3.05, 3.63) is 29.1 Å². The van der Waals surface area contributed by atoms with Crippen LogP contribution >= 0.6 is 11.3 Å². The molecule has 2 aromatic rings. The van der Waals surface area contributed by atoms with Crippen molar-refractivity contribution in [2.75, 3.05) is 6.61 Å². The van der Waals surface area contributed by atoms with Gasteiger partial charge in [-0.1, -0.05) is 32.6 Å². The van der Waals surface area contributed by atoms with Crippen LogP contribution in [0, 0.1) is 17.8 Å². The molecule has 148 valence electrons. The first-order chi connectivity index (χ1) is 13.3. The zero-order valence-electron chi connectivity index (χ0n) is 17.2. The Morgan fingerprint density at radius 3 is 2.26 bits per heavy atom. The highest BCUT2D eigenvalue weighted by atomic mass is 32.1. The lowest BCUT2D eigenvalue weighted by Gasteiger charge is -2.37. The van der Waals surface area contributed by atoms with Gasteiger partial charge in [0.2, 0.25) is 0 Å². The van der Waals surface area contributed by atoms with Gasteiger partial charge in [-0.25, -0.2) is 0 Å². The van der Waals surface area contributed by atoms with E-state index in [4.69, 9.17) is 4.74 Å².